The molecule has 0 saturated carbocycles. The molecule has 0 aliphatic carbocycles. The van der Waals surface area contributed by atoms with Crippen LogP contribution in [-0.4, -0.2) is 33.9 Å². The summed E-state index contributed by atoms with van der Waals surface area (Å²) in [6, 6.07) is 22.4. The van der Waals surface area contributed by atoms with Gasteiger partial charge in [-0.25, -0.2) is 4.79 Å². The van der Waals surface area contributed by atoms with Gasteiger partial charge < -0.3 is 23.7 Å². The summed E-state index contributed by atoms with van der Waals surface area (Å²) in [5.41, 5.74) is -0.103. The van der Waals surface area contributed by atoms with E-state index in [4.69, 9.17) is 23.7 Å². The Kier molecular flexibility index (Phi) is 6.29. The lowest BCUT2D eigenvalue weighted by Gasteiger charge is -2.21. The van der Waals surface area contributed by atoms with Crippen LogP contribution in [0.15, 0.2) is 72.8 Å². The summed E-state index contributed by atoms with van der Waals surface area (Å²) in [5, 5.41) is 0. The molecule has 3 aromatic carbocycles. The number of hydrogen-bond acceptors (Lipinski definition) is 6. The summed E-state index contributed by atoms with van der Waals surface area (Å²) in [6.45, 7) is 2.27. The summed E-state index contributed by atoms with van der Waals surface area (Å²) >= 11 is 0. The third kappa shape index (κ3) is 3.70. The first-order valence-electron chi connectivity index (χ1n) is 10.9. The highest BCUT2D eigenvalue weighted by atomic mass is 16.7. The van der Waals surface area contributed by atoms with Crippen LogP contribution in [0.5, 0.6) is 17.2 Å². The maximum absolute atomic E-state index is 13.6. The number of methoxy groups -OCH3 is 3. The van der Waals surface area contributed by atoms with Crippen LogP contribution in [0.4, 0.5) is 0 Å². The number of rotatable bonds is 9. The van der Waals surface area contributed by atoms with Crippen molar-refractivity contribution in [3.63, 3.8) is 0 Å². The Labute approximate surface area is 194 Å². The smallest absolute Gasteiger partial charge is 0.347 e. The fourth-order valence-corrected chi connectivity index (χ4v) is 4.23. The van der Waals surface area contributed by atoms with Gasteiger partial charge in [0.1, 0.15) is 17.2 Å². The summed E-state index contributed by atoms with van der Waals surface area (Å²) in [5.74, 6) is 1.69. The SMILES string of the molecule is CCCOC(=O)C1(c2ccc(OC)cc2)OC1(c1ccc(OC)cc1)c1ccc(OC)cc1. The number of esters is 1. The molecule has 1 saturated heterocycles. The molecule has 1 fully saturated rings. The Morgan fingerprint density at radius 3 is 1.45 bits per heavy atom. The topological polar surface area (TPSA) is 66.5 Å². The predicted octanol–water partition coefficient (Wildman–Crippen LogP) is 4.83. The lowest BCUT2D eigenvalue weighted by Crippen LogP contribution is -2.33. The first-order chi connectivity index (χ1) is 16.0. The van der Waals surface area contributed by atoms with Crippen molar-refractivity contribution in [1.29, 1.82) is 0 Å². The summed E-state index contributed by atoms with van der Waals surface area (Å²) in [7, 11) is 4.84. The van der Waals surface area contributed by atoms with Gasteiger partial charge in [-0.05, 0) is 59.5 Å². The van der Waals surface area contributed by atoms with Gasteiger partial charge in [0.25, 0.3) is 0 Å². The molecule has 0 radical (unpaired) electrons. The van der Waals surface area contributed by atoms with E-state index in [0.29, 0.717) is 35.8 Å². The molecule has 1 heterocycles. The highest BCUT2D eigenvalue weighted by molar-refractivity contribution is 5.89. The van der Waals surface area contributed by atoms with E-state index >= 15 is 0 Å². The van der Waals surface area contributed by atoms with Crippen LogP contribution in [0, 0.1) is 0 Å². The molecule has 3 aromatic rings. The van der Waals surface area contributed by atoms with E-state index in [2.05, 4.69) is 0 Å². The number of benzene rings is 3. The molecular weight excluding hydrogens is 420 g/mol. The lowest BCUT2D eigenvalue weighted by atomic mass is 9.77. The van der Waals surface area contributed by atoms with Crippen LogP contribution in [-0.2, 0) is 25.5 Å². The average Bonchev–Trinajstić information content (AvgIpc) is 3.60. The van der Waals surface area contributed by atoms with E-state index in [1.165, 1.54) is 0 Å². The van der Waals surface area contributed by atoms with Gasteiger partial charge in [-0.1, -0.05) is 43.3 Å². The first-order valence-corrected chi connectivity index (χ1v) is 10.9. The number of carbonyl (C=O) groups is 1. The highest BCUT2D eigenvalue weighted by Gasteiger charge is 2.78. The van der Waals surface area contributed by atoms with Crippen molar-refractivity contribution in [2.75, 3.05) is 27.9 Å². The minimum absolute atomic E-state index is 0.307. The molecule has 4 rings (SSSR count). The maximum atomic E-state index is 13.6. The molecule has 0 N–H and O–H groups in total. The molecule has 172 valence electrons. The third-order valence-corrected chi connectivity index (χ3v) is 5.97. The molecule has 0 amide bonds. The van der Waals surface area contributed by atoms with Gasteiger partial charge in [-0.15, -0.1) is 0 Å². The maximum Gasteiger partial charge on any atom is 0.347 e. The van der Waals surface area contributed by atoms with Gasteiger partial charge in [0.15, 0.2) is 5.60 Å². The third-order valence-electron chi connectivity index (χ3n) is 5.97. The zero-order chi connectivity index (χ0) is 23.5. The van der Waals surface area contributed by atoms with Gasteiger partial charge in [-0.2, -0.15) is 0 Å². The van der Waals surface area contributed by atoms with Crippen LogP contribution in [0.1, 0.15) is 30.0 Å². The van der Waals surface area contributed by atoms with Crippen LogP contribution in [0.25, 0.3) is 0 Å². The number of hydrogen-bond donors (Lipinski definition) is 0. The first kappa shape index (κ1) is 22.7. The van der Waals surface area contributed by atoms with Gasteiger partial charge in [-0.3, -0.25) is 0 Å². The molecular formula is C27H28O6. The number of epoxide rings is 1. The molecule has 0 spiro atoms. The zero-order valence-electron chi connectivity index (χ0n) is 19.3. The molecule has 1 atom stereocenters. The monoisotopic (exact) mass is 448 g/mol. The van der Waals surface area contributed by atoms with Crippen LogP contribution < -0.4 is 14.2 Å². The molecule has 1 aliphatic rings. The molecule has 33 heavy (non-hydrogen) atoms. The summed E-state index contributed by atoms with van der Waals surface area (Å²) in [4.78, 5) is 13.6. The van der Waals surface area contributed by atoms with E-state index in [-0.39, 0.29) is 0 Å². The minimum Gasteiger partial charge on any atom is -0.497 e. The van der Waals surface area contributed by atoms with Crippen LogP contribution >= 0.6 is 0 Å². The van der Waals surface area contributed by atoms with Crippen molar-refractivity contribution in [2.45, 2.75) is 24.5 Å². The average molecular weight is 449 g/mol. The normalized spacial score (nSPS) is 18.3. The second-order valence-corrected chi connectivity index (χ2v) is 7.79. The van der Waals surface area contributed by atoms with Crippen molar-refractivity contribution in [3.8, 4) is 17.2 Å². The molecule has 0 bridgehead atoms. The summed E-state index contributed by atoms with van der Waals surface area (Å²) in [6.07, 6.45) is 0.711. The Hall–Kier alpha value is -3.51. The lowest BCUT2D eigenvalue weighted by molar-refractivity contribution is -0.150. The van der Waals surface area contributed by atoms with Gasteiger partial charge in [0.05, 0.1) is 27.9 Å². The standard InChI is InChI=1S/C27H28O6/c1-5-18-32-25(28)27(21-10-16-24(31-4)17-11-21)26(33-27,19-6-12-22(29-2)13-7-19)20-8-14-23(30-3)15-9-20/h6-17H,5,18H2,1-4H3. The van der Waals surface area contributed by atoms with Crippen molar-refractivity contribution in [3.05, 3.63) is 89.5 Å². The van der Waals surface area contributed by atoms with Crippen molar-refractivity contribution in [2.24, 2.45) is 0 Å². The molecule has 0 aromatic heterocycles. The highest BCUT2D eigenvalue weighted by Crippen LogP contribution is 2.66. The van der Waals surface area contributed by atoms with Gasteiger partial charge >= 0.3 is 5.97 Å². The van der Waals surface area contributed by atoms with E-state index < -0.39 is 17.2 Å². The van der Waals surface area contributed by atoms with Gasteiger partial charge in [0, 0.05) is 0 Å². The fraction of sp³-hybridized carbons (Fsp3) is 0.296. The Morgan fingerprint density at radius 1 is 0.697 bits per heavy atom. The van der Waals surface area contributed by atoms with Crippen molar-refractivity contribution in [1.82, 2.24) is 0 Å². The van der Waals surface area contributed by atoms with E-state index in [0.717, 1.165) is 11.1 Å². The zero-order valence-corrected chi connectivity index (χ0v) is 19.3. The Morgan fingerprint density at radius 2 is 1.09 bits per heavy atom. The number of ether oxygens (including phenoxy) is 5. The molecule has 6 heteroatoms. The Bertz CT molecular complexity index is 1040. The fourth-order valence-electron chi connectivity index (χ4n) is 4.23. The molecule has 6 nitrogen and oxygen atoms in total. The van der Waals surface area contributed by atoms with E-state index in [1.807, 2.05) is 79.7 Å². The van der Waals surface area contributed by atoms with Crippen LogP contribution in [0.2, 0.25) is 0 Å². The molecule has 1 unspecified atom stereocenters. The predicted molar refractivity (Wildman–Crippen MR) is 124 cm³/mol. The largest absolute Gasteiger partial charge is 0.497 e. The van der Waals surface area contributed by atoms with Crippen molar-refractivity contribution < 1.29 is 28.5 Å². The second kappa shape index (κ2) is 9.16. The molecule has 1 aliphatic heterocycles. The van der Waals surface area contributed by atoms with Gasteiger partial charge in [0.2, 0.25) is 5.60 Å². The minimum atomic E-state index is -1.35. The second-order valence-electron chi connectivity index (χ2n) is 7.79. The quantitative estimate of drug-likeness (QED) is 0.345. The Balaban J connectivity index is 1.91. The van der Waals surface area contributed by atoms with E-state index in [1.54, 1.807) is 21.3 Å². The van der Waals surface area contributed by atoms with Crippen molar-refractivity contribution >= 4 is 5.97 Å². The van der Waals surface area contributed by atoms with Crippen LogP contribution in [0.3, 0.4) is 0 Å². The number of carbonyl (C=O) groups excluding carboxylic acids is 1. The van der Waals surface area contributed by atoms with E-state index in [9.17, 15) is 4.79 Å². The summed E-state index contributed by atoms with van der Waals surface area (Å²) < 4.78 is 28.2.